The third-order valence-corrected chi connectivity index (χ3v) is 6.13. The van der Waals surface area contributed by atoms with Crippen LogP contribution in [0.5, 0.6) is 0 Å². The number of nitrogens with one attached hydrogen (secondary N) is 2. The second-order valence-electron chi connectivity index (χ2n) is 6.75. The molecule has 0 radical (unpaired) electrons. The number of fused-ring (bicyclic) bond motifs is 1. The predicted molar refractivity (Wildman–Crippen MR) is 97.1 cm³/mol. The number of aromatic amines is 1. The molecule has 3 heterocycles. The van der Waals surface area contributed by atoms with Gasteiger partial charge in [-0.25, -0.2) is 4.98 Å². The van der Waals surface area contributed by atoms with Crippen LogP contribution >= 0.6 is 11.3 Å². The van der Waals surface area contributed by atoms with Crippen molar-refractivity contribution in [1.29, 1.82) is 0 Å². The first-order valence-electron chi connectivity index (χ1n) is 8.38. The van der Waals surface area contributed by atoms with E-state index in [1.165, 1.54) is 17.7 Å². The molecule has 1 unspecified atom stereocenters. The molecular weight excluding hydrogens is 354 g/mol. The number of H-pyrrole nitrogens is 1. The molecule has 9 heteroatoms. The second-order valence-corrected chi connectivity index (χ2v) is 7.75. The summed E-state index contributed by atoms with van der Waals surface area (Å²) in [4.78, 5) is 32.7. The number of aliphatic hydroxyl groups excluding tert-OH is 1. The molecule has 0 aromatic carbocycles. The quantitative estimate of drug-likeness (QED) is 0.637. The Morgan fingerprint density at radius 2 is 2.27 bits per heavy atom. The lowest BCUT2D eigenvalue weighted by Crippen LogP contribution is -2.41. The number of hydrogen-bond acceptors (Lipinski definition) is 6. The van der Waals surface area contributed by atoms with Crippen molar-refractivity contribution in [3.05, 3.63) is 45.1 Å². The Labute approximate surface area is 152 Å². The van der Waals surface area contributed by atoms with Gasteiger partial charge in [0.05, 0.1) is 34.9 Å². The maximum atomic E-state index is 12.9. The first-order valence-corrected chi connectivity index (χ1v) is 9.20. The fraction of sp³-hybridized carbons (Fsp3) is 0.412. The highest BCUT2D eigenvalue weighted by Gasteiger charge is 2.36. The Balaban J connectivity index is 1.66. The number of nitrogens with zero attached hydrogens (tertiary/aromatic N) is 3. The zero-order valence-corrected chi connectivity index (χ0v) is 15.2. The van der Waals surface area contributed by atoms with E-state index in [2.05, 4.69) is 20.4 Å². The van der Waals surface area contributed by atoms with Gasteiger partial charge in [-0.2, -0.15) is 5.10 Å². The fourth-order valence-corrected chi connectivity index (χ4v) is 4.53. The number of carbonyl (C=O) groups is 1. The Morgan fingerprint density at radius 1 is 1.50 bits per heavy atom. The number of aryl methyl sites for hydroxylation is 2. The van der Waals surface area contributed by atoms with Crippen LogP contribution < -0.4 is 10.9 Å². The zero-order chi connectivity index (χ0) is 18.4. The van der Waals surface area contributed by atoms with E-state index >= 15 is 0 Å². The molecule has 0 saturated heterocycles. The van der Waals surface area contributed by atoms with E-state index in [0.717, 1.165) is 5.56 Å². The molecule has 1 aliphatic rings. The summed E-state index contributed by atoms with van der Waals surface area (Å²) in [6.07, 6.45) is 5.93. The monoisotopic (exact) mass is 373 g/mol. The summed E-state index contributed by atoms with van der Waals surface area (Å²) in [6, 6.07) is -0.226. The molecule has 1 aliphatic carbocycles. The van der Waals surface area contributed by atoms with Gasteiger partial charge in [-0.1, -0.05) is 0 Å². The first-order chi connectivity index (χ1) is 12.4. The molecular formula is C17H19N5O3S. The van der Waals surface area contributed by atoms with E-state index in [9.17, 15) is 14.7 Å². The van der Waals surface area contributed by atoms with Crippen molar-refractivity contribution in [3.63, 3.8) is 0 Å². The summed E-state index contributed by atoms with van der Waals surface area (Å²) in [7, 11) is 1.83. The SMILES string of the molecule is Cc1c(C(=O)NC(c2cnn(C)c2)C2CC(O)C2)sc2nc[nH]c(=O)c12. The van der Waals surface area contributed by atoms with E-state index in [1.807, 2.05) is 13.2 Å². The van der Waals surface area contributed by atoms with Crippen LogP contribution in [-0.2, 0) is 7.05 Å². The molecule has 4 rings (SSSR count). The Hall–Kier alpha value is -2.52. The van der Waals surface area contributed by atoms with Crippen LogP contribution in [0.3, 0.4) is 0 Å². The van der Waals surface area contributed by atoms with E-state index in [4.69, 9.17) is 0 Å². The van der Waals surface area contributed by atoms with Crippen LogP contribution in [0.25, 0.3) is 10.2 Å². The van der Waals surface area contributed by atoms with Gasteiger partial charge in [0.25, 0.3) is 11.5 Å². The normalized spacial score (nSPS) is 20.7. The van der Waals surface area contributed by atoms with Gasteiger partial charge in [-0.15, -0.1) is 11.3 Å². The van der Waals surface area contributed by atoms with Crippen molar-refractivity contribution >= 4 is 27.5 Å². The Morgan fingerprint density at radius 3 is 2.88 bits per heavy atom. The number of hydrogen-bond donors (Lipinski definition) is 3. The zero-order valence-electron chi connectivity index (χ0n) is 14.4. The molecule has 1 saturated carbocycles. The largest absolute Gasteiger partial charge is 0.393 e. The van der Waals surface area contributed by atoms with E-state index in [-0.39, 0.29) is 29.5 Å². The number of rotatable bonds is 4. The fourth-order valence-electron chi connectivity index (χ4n) is 3.48. The summed E-state index contributed by atoms with van der Waals surface area (Å²) in [5.41, 5.74) is 1.30. The van der Waals surface area contributed by atoms with Gasteiger partial charge in [0, 0.05) is 18.8 Å². The van der Waals surface area contributed by atoms with Crippen molar-refractivity contribution in [2.24, 2.45) is 13.0 Å². The molecule has 0 bridgehead atoms. The average Bonchev–Trinajstić information content (AvgIpc) is 3.14. The van der Waals surface area contributed by atoms with Crippen LogP contribution in [0.15, 0.2) is 23.5 Å². The highest BCUT2D eigenvalue weighted by Crippen LogP contribution is 2.38. The van der Waals surface area contributed by atoms with Crippen LogP contribution in [-0.4, -0.2) is 36.9 Å². The summed E-state index contributed by atoms with van der Waals surface area (Å²) in [5.74, 6) is -0.0745. The molecule has 0 aliphatic heterocycles. The lowest BCUT2D eigenvalue weighted by atomic mass is 9.75. The van der Waals surface area contributed by atoms with Crippen LogP contribution in [0.4, 0.5) is 0 Å². The molecule has 3 aromatic rings. The topological polar surface area (TPSA) is 113 Å². The minimum Gasteiger partial charge on any atom is -0.393 e. The van der Waals surface area contributed by atoms with Crippen molar-refractivity contribution < 1.29 is 9.90 Å². The second kappa shape index (κ2) is 6.33. The van der Waals surface area contributed by atoms with Crippen LogP contribution in [0.2, 0.25) is 0 Å². The smallest absolute Gasteiger partial charge is 0.262 e. The molecule has 136 valence electrons. The maximum absolute atomic E-state index is 12.9. The molecule has 8 nitrogen and oxygen atoms in total. The highest BCUT2D eigenvalue weighted by molar-refractivity contribution is 7.20. The summed E-state index contributed by atoms with van der Waals surface area (Å²) >= 11 is 1.21. The molecule has 1 atom stereocenters. The van der Waals surface area contributed by atoms with E-state index in [1.54, 1.807) is 17.8 Å². The average molecular weight is 373 g/mol. The lowest BCUT2D eigenvalue weighted by molar-refractivity contribution is 0.0235. The number of thiophene rings is 1. The molecule has 3 aromatic heterocycles. The summed E-state index contributed by atoms with van der Waals surface area (Å²) in [6.45, 7) is 1.76. The van der Waals surface area contributed by atoms with Gasteiger partial charge in [0.15, 0.2) is 0 Å². The van der Waals surface area contributed by atoms with Crippen molar-refractivity contribution in [2.75, 3.05) is 0 Å². The van der Waals surface area contributed by atoms with Crippen LogP contribution in [0.1, 0.15) is 39.7 Å². The summed E-state index contributed by atoms with van der Waals surface area (Å²) in [5, 5.41) is 17.4. The number of aliphatic hydroxyl groups is 1. The number of aromatic nitrogens is 4. The molecule has 1 amide bonds. The van der Waals surface area contributed by atoms with Gasteiger partial charge in [0.1, 0.15) is 4.83 Å². The molecule has 0 spiro atoms. The van der Waals surface area contributed by atoms with Gasteiger partial charge in [0.2, 0.25) is 0 Å². The lowest BCUT2D eigenvalue weighted by Gasteiger charge is -2.37. The maximum Gasteiger partial charge on any atom is 0.262 e. The van der Waals surface area contributed by atoms with Crippen molar-refractivity contribution in [3.8, 4) is 0 Å². The minimum absolute atomic E-state index is 0.161. The summed E-state index contributed by atoms with van der Waals surface area (Å²) < 4.78 is 1.69. The Kier molecular flexibility index (Phi) is 4.12. The standard InChI is InChI=1S/C17H19N5O3S/c1-8-12-15(24)18-7-19-17(12)26-14(8)16(25)21-13(9-3-11(23)4-9)10-5-20-22(2)6-10/h5-7,9,11,13,23H,3-4H2,1-2H3,(H,21,25)(H,18,19,24). The molecule has 3 N–H and O–H groups in total. The van der Waals surface area contributed by atoms with E-state index < -0.39 is 0 Å². The third kappa shape index (κ3) is 2.82. The highest BCUT2D eigenvalue weighted by atomic mass is 32.1. The van der Waals surface area contributed by atoms with Crippen molar-refractivity contribution in [1.82, 2.24) is 25.1 Å². The molecule has 1 fully saturated rings. The van der Waals surface area contributed by atoms with Gasteiger partial charge < -0.3 is 15.4 Å². The molecule has 26 heavy (non-hydrogen) atoms. The number of carbonyl (C=O) groups excluding carboxylic acids is 1. The van der Waals surface area contributed by atoms with Gasteiger partial charge in [-0.3, -0.25) is 14.3 Å². The number of amides is 1. The van der Waals surface area contributed by atoms with Gasteiger partial charge in [-0.05, 0) is 31.2 Å². The van der Waals surface area contributed by atoms with Crippen LogP contribution in [0, 0.1) is 12.8 Å². The third-order valence-electron chi connectivity index (χ3n) is 4.93. The predicted octanol–water partition coefficient (Wildman–Crippen LogP) is 1.27. The van der Waals surface area contributed by atoms with Gasteiger partial charge >= 0.3 is 0 Å². The Bertz CT molecular complexity index is 1030. The van der Waals surface area contributed by atoms with Crippen molar-refractivity contribution in [2.45, 2.75) is 31.9 Å². The first kappa shape index (κ1) is 16.9. The van der Waals surface area contributed by atoms with E-state index in [0.29, 0.717) is 33.5 Å². The minimum atomic E-state index is -0.315.